The molecule has 1 heterocycles. The van der Waals surface area contributed by atoms with Crippen LogP contribution in [0.15, 0.2) is 0 Å². The maximum absolute atomic E-state index is 11.4. The molecule has 0 aromatic carbocycles. The minimum Gasteiger partial charge on any atom is -0.473 e. The van der Waals surface area contributed by atoms with Crippen LogP contribution in [0.3, 0.4) is 0 Å². The average molecular weight is 294 g/mol. The molecule has 1 aromatic heterocycles. The third-order valence-corrected chi connectivity index (χ3v) is 3.54. The van der Waals surface area contributed by atoms with Crippen LogP contribution in [0.2, 0.25) is 0 Å². The number of nitrogens with zero attached hydrogens (tertiary/aromatic N) is 3. The van der Waals surface area contributed by atoms with Gasteiger partial charge in [-0.25, -0.2) is 4.98 Å². The Morgan fingerprint density at radius 2 is 2.05 bits per heavy atom. The van der Waals surface area contributed by atoms with Gasteiger partial charge in [-0.05, 0) is 26.2 Å². The molecular formula is C14H22N4O3. The van der Waals surface area contributed by atoms with Gasteiger partial charge in [-0.15, -0.1) is 0 Å². The number of aromatic nitrogens is 2. The fourth-order valence-corrected chi connectivity index (χ4v) is 2.55. The predicted molar refractivity (Wildman–Crippen MR) is 79.7 cm³/mol. The first kappa shape index (κ1) is 15.5. The Morgan fingerprint density at radius 1 is 1.33 bits per heavy atom. The number of rotatable bonds is 6. The zero-order valence-corrected chi connectivity index (χ0v) is 12.6. The molecule has 0 bridgehead atoms. The van der Waals surface area contributed by atoms with E-state index in [0.717, 1.165) is 32.1 Å². The fourth-order valence-electron chi connectivity index (χ4n) is 2.55. The summed E-state index contributed by atoms with van der Waals surface area (Å²) in [6.45, 7) is 4.07. The normalized spacial score (nSPS) is 15.7. The lowest BCUT2D eigenvalue weighted by atomic mass is 9.95. The summed E-state index contributed by atoms with van der Waals surface area (Å²) in [6, 6.07) is 0.241. The Labute approximate surface area is 124 Å². The molecule has 1 fully saturated rings. The lowest BCUT2D eigenvalue weighted by molar-refractivity contribution is -0.385. The molecule has 7 nitrogen and oxygen atoms in total. The minimum atomic E-state index is -0.463. The van der Waals surface area contributed by atoms with E-state index in [1.807, 2.05) is 6.92 Å². The first-order valence-electron chi connectivity index (χ1n) is 7.54. The summed E-state index contributed by atoms with van der Waals surface area (Å²) in [7, 11) is 0. The van der Waals surface area contributed by atoms with Crippen molar-refractivity contribution >= 4 is 11.5 Å². The van der Waals surface area contributed by atoms with Crippen LogP contribution in [0.5, 0.6) is 5.88 Å². The molecule has 21 heavy (non-hydrogen) atoms. The molecule has 1 aromatic rings. The lowest BCUT2D eigenvalue weighted by Gasteiger charge is -2.23. The van der Waals surface area contributed by atoms with E-state index in [2.05, 4.69) is 15.3 Å². The Bertz CT molecular complexity index is 501. The molecule has 0 spiro atoms. The molecule has 1 N–H and O–H groups in total. The van der Waals surface area contributed by atoms with Crippen molar-refractivity contribution < 1.29 is 9.66 Å². The fraction of sp³-hybridized carbons (Fsp3) is 0.714. The maximum atomic E-state index is 11.4. The minimum absolute atomic E-state index is 0.0626. The summed E-state index contributed by atoms with van der Waals surface area (Å²) >= 11 is 0. The average Bonchev–Trinajstić information content (AvgIpc) is 2.45. The van der Waals surface area contributed by atoms with Crippen LogP contribution >= 0.6 is 0 Å². The highest BCUT2D eigenvalue weighted by atomic mass is 16.6. The Balaban J connectivity index is 2.28. The number of hydrogen-bond donors (Lipinski definition) is 1. The number of nitrogens with one attached hydrogen (secondary N) is 1. The maximum Gasteiger partial charge on any atom is 0.372 e. The summed E-state index contributed by atoms with van der Waals surface area (Å²) in [5, 5.41) is 14.6. The molecule has 116 valence electrons. The molecule has 1 saturated carbocycles. The summed E-state index contributed by atoms with van der Waals surface area (Å²) in [5.41, 5.74) is -0.153. The van der Waals surface area contributed by atoms with E-state index in [0.29, 0.717) is 12.4 Å². The highest BCUT2D eigenvalue weighted by Gasteiger charge is 2.27. The Morgan fingerprint density at radius 3 is 2.67 bits per heavy atom. The van der Waals surface area contributed by atoms with Gasteiger partial charge in [0.1, 0.15) is 5.82 Å². The van der Waals surface area contributed by atoms with Crippen molar-refractivity contribution in [1.29, 1.82) is 0 Å². The monoisotopic (exact) mass is 294 g/mol. The quantitative estimate of drug-likeness (QED) is 0.640. The zero-order valence-electron chi connectivity index (χ0n) is 12.6. The molecule has 0 atom stereocenters. The van der Waals surface area contributed by atoms with Crippen LogP contribution in [0.25, 0.3) is 0 Å². The van der Waals surface area contributed by atoms with E-state index < -0.39 is 4.92 Å². The van der Waals surface area contributed by atoms with Crippen molar-refractivity contribution in [3.8, 4) is 5.88 Å². The van der Waals surface area contributed by atoms with E-state index in [9.17, 15) is 10.1 Å². The molecule has 0 amide bonds. The van der Waals surface area contributed by atoms with Crippen molar-refractivity contribution in [2.75, 3.05) is 11.9 Å². The van der Waals surface area contributed by atoms with E-state index in [4.69, 9.17) is 4.74 Å². The van der Waals surface area contributed by atoms with Crippen LogP contribution in [-0.4, -0.2) is 27.5 Å². The summed E-state index contributed by atoms with van der Waals surface area (Å²) < 4.78 is 5.43. The molecule has 0 aliphatic heterocycles. The SMILES string of the molecule is CCCOc1nc(C)nc(NC2CCCCC2)c1[N+](=O)[O-]. The van der Waals surface area contributed by atoms with Crippen LogP contribution in [0.1, 0.15) is 51.3 Å². The third-order valence-electron chi connectivity index (χ3n) is 3.54. The molecule has 2 rings (SSSR count). The highest BCUT2D eigenvalue weighted by Crippen LogP contribution is 2.33. The van der Waals surface area contributed by atoms with Gasteiger partial charge in [-0.1, -0.05) is 26.2 Å². The second-order valence-corrected chi connectivity index (χ2v) is 5.36. The number of hydrogen-bond acceptors (Lipinski definition) is 6. The number of aryl methyl sites for hydroxylation is 1. The lowest BCUT2D eigenvalue weighted by Crippen LogP contribution is -2.24. The van der Waals surface area contributed by atoms with E-state index in [1.165, 1.54) is 6.42 Å². The van der Waals surface area contributed by atoms with Gasteiger partial charge >= 0.3 is 5.69 Å². The zero-order chi connectivity index (χ0) is 15.2. The van der Waals surface area contributed by atoms with Gasteiger partial charge < -0.3 is 10.1 Å². The molecule has 7 heteroatoms. The van der Waals surface area contributed by atoms with Crippen molar-refractivity contribution in [2.24, 2.45) is 0 Å². The van der Waals surface area contributed by atoms with Gasteiger partial charge in [-0.3, -0.25) is 10.1 Å². The van der Waals surface area contributed by atoms with Crippen LogP contribution in [0, 0.1) is 17.0 Å². The number of ether oxygens (including phenoxy) is 1. The van der Waals surface area contributed by atoms with E-state index >= 15 is 0 Å². The summed E-state index contributed by atoms with van der Waals surface area (Å²) in [5.74, 6) is 0.822. The largest absolute Gasteiger partial charge is 0.473 e. The molecular weight excluding hydrogens is 272 g/mol. The van der Waals surface area contributed by atoms with Crippen LogP contribution in [-0.2, 0) is 0 Å². The van der Waals surface area contributed by atoms with Crippen molar-refractivity contribution in [1.82, 2.24) is 9.97 Å². The molecule has 0 unspecified atom stereocenters. The number of nitro groups is 1. The molecule has 0 radical (unpaired) electrons. The highest BCUT2D eigenvalue weighted by molar-refractivity contribution is 5.62. The van der Waals surface area contributed by atoms with Gasteiger partial charge in [0.05, 0.1) is 11.5 Å². The summed E-state index contributed by atoms with van der Waals surface area (Å²) in [6.07, 6.45) is 6.33. The van der Waals surface area contributed by atoms with Gasteiger partial charge in [-0.2, -0.15) is 4.98 Å². The molecule has 1 aliphatic rings. The third kappa shape index (κ3) is 4.03. The topological polar surface area (TPSA) is 90.2 Å². The molecule has 0 saturated heterocycles. The van der Waals surface area contributed by atoms with Crippen molar-refractivity contribution in [2.45, 2.75) is 58.4 Å². The Kier molecular flexibility index (Phi) is 5.30. The van der Waals surface area contributed by atoms with E-state index in [-0.39, 0.29) is 23.4 Å². The smallest absolute Gasteiger partial charge is 0.372 e. The first-order valence-corrected chi connectivity index (χ1v) is 7.54. The Hall–Kier alpha value is -1.92. The van der Waals surface area contributed by atoms with Crippen LogP contribution < -0.4 is 10.1 Å². The van der Waals surface area contributed by atoms with Crippen molar-refractivity contribution in [3.63, 3.8) is 0 Å². The number of anilines is 1. The van der Waals surface area contributed by atoms with Crippen LogP contribution in [0.4, 0.5) is 11.5 Å². The second-order valence-electron chi connectivity index (χ2n) is 5.36. The van der Waals surface area contributed by atoms with Gasteiger partial charge in [0.15, 0.2) is 0 Å². The van der Waals surface area contributed by atoms with Gasteiger partial charge in [0.2, 0.25) is 5.82 Å². The second kappa shape index (κ2) is 7.19. The molecule has 1 aliphatic carbocycles. The van der Waals surface area contributed by atoms with E-state index in [1.54, 1.807) is 6.92 Å². The predicted octanol–water partition coefficient (Wildman–Crippen LogP) is 3.23. The van der Waals surface area contributed by atoms with Crippen molar-refractivity contribution in [3.05, 3.63) is 15.9 Å². The first-order chi connectivity index (χ1) is 10.1. The van der Waals surface area contributed by atoms with Gasteiger partial charge in [0.25, 0.3) is 5.88 Å². The van der Waals surface area contributed by atoms with Gasteiger partial charge in [0, 0.05) is 6.04 Å². The summed E-state index contributed by atoms with van der Waals surface area (Å²) in [4.78, 5) is 19.2. The standard InChI is InChI=1S/C14H22N4O3/c1-3-9-21-14-12(18(19)20)13(15-10(2)16-14)17-11-7-5-4-6-8-11/h11H,3-9H2,1-2H3,(H,15,16,17).